The number of rotatable bonds is 8. The maximum Gasteiger partial charge on any atom is 0.202 e. The normalized spacial score (nSPS) is 22.8. The van der Waals surface area contributed by atoms with Crippen LogP contribution in [-0.4, -0.2) is 55.7 Å². The summed E-state index contributed by atoms with van der Waals surface area (Å²) < 4.78 is 18.2. The van der Waals surface area contributed by atoms with E-state index in [1.807, 2.05) is 6.20 Å². The SMILES string of the molecule is COCCCn1ccnc1NCC1(OC)CCOC1. The summed E-state index contributed by atoms with van der Waals surface area (Å²) in [7, 11) is 3.46. The molecule has 0 bridgehead atoms. The fourth-order valence-electron chi connectivity index (χ4n) is 2.24. The molecule has 1 aromatic rings. The molecule has 0 aliphatic carbocycles. The fourth-order valence-corrected chi connectivity index (χ4v) is 2.24. The van der Waals surface area contributed by atoms with Gasteiger partial charge in [0.15, 0.2) is 0 Å². The Morgan fingerprint density at radius 2 is 2.42 bits per heavy atom. The van der Waals surface area contributed by atoms with Crippen LogP contribution in [0.2, 0.25) is 0 Å². The minimum absolute atomic E-state index is 0.219. The fraction of sp³-hybridized carbons (Fsp3) is 0.769. The largest absolute Gasteiger partial charge is 0.385 e. The molecule has 19 heavy (non-hydrogen) atoms. The molecule has 1 saturated heterocycles. The number of hydrogen-bond donors (Lipinski definition) is 1. The Hall–Kier alpha value is -1.11. The molecule has 1 unspecified atom stereocenters. The van der Waals surface area contributed by atoms with Crippen LogP contribution in [0.4, 0.5) is 5.95 Å². The van der Waals surface area contributed by atoms with E-state index in [9.17, 15) is 0 Å². The Morgan fingerprint density at radius 1 is 1.53 bits per heavy atom. The summed E-state index contributed by atoms with van der Waals surface area (Å²) in [6.45, 7) is 3.77. The predicted molar refractivity (Wildman–Crippen MR) is 72.4 cm³/mol. The van der Waals surface area contributed by atoms with Crippen LogP contribution in [0.1, 0.15) is 12.8 Å². The molecule has 6 nitrogen and oxygen atoms in total. The molecule has 6 heteroatoms. The molecule has 0 amide bonds. The molecule has 1 N–H and O–H groups in total. The number of nitrogens with zero attached hydrogens (tertiary/aromatic N) is 2. The third-order valence-electron chi connectivity index (χ3n) is 3.53. The van der Waals surface area contributed by atoms with E-state index in [4.69, 9.17) is 14.2 Å². The highest BCUT2D eigenvalue weighted by molar-refractivity contribution is 5.27. The molecule has 0 aromatic carbocycles. The standard InChI is InChI=1S/C13H23N3O3/c1-17-8-3-6-16-7-5-14-12(16)15-10-13(18-2)4-9-19-11-13/h5,7H,3-4,6,8-11H2,1-2H3,(H,14,15). The van der Waals surface area contributed by atoms with E-state index in [2.05, 4.69) is 14.9 Å². The van der Waals surface area contributed by atoms with Gasteiger partial charge in [-0.2, -0.15) is 0 Å². The molecule has 1 aromatic heterocycles. The summed E-state index contributed by atoms with van der Waals surface area (Å²) in [6, 6.07) is 0. The lowest BCUT2D eigenvalue weighted by molar-refractivity contribution is -0.00635. The van der Waals surface area contributed by atoms with Crippen molar-refractivity contribution in [3.63, 3.8) is 0 Å². The predicted octanol–water partition coefficient (Wildman–Crippen LogP) is 1.14. The summed E-state index contributed by atoms with van der Waals surface area (Å²) in [5.74, 6) is 0.874. The van der Waals surface area contributed by atoms with Gasteiger partial charge in [-0.3, -0.25) is 0 Å². The number of aromatic nitrogens is 2. The van der Waals surface area contributed by atoms with Crippen molar-refractivity contribution < 1.29 is 14.2 Å². The highest BCUT2D eigenvalue weighted by Gasteiger charge is 2.34. The van der Waals surface area contributed by atoms with Gasteiger partial charge in [-0.1, -0.05) is 0 Å². The third kappa shape index (κ3) is 3.68. The van der Waals surface area contributed by atoms with Gasteiger partial charge in [-0.25, -0.2) is 4.98 Å². The van der Waals surface area contributed by atoms with Crippen LogP contribution in [0.25, 0.3) is 0 Å². The van der Waals surface area contributed by atoms with Gasteiger partial charge in [0.2, 0.25) is 5.95 Å². The molecule has 1 aliphatic rings. The third-order valence-corrected chi connectivity index (χ3v) is 3.53. The summed E-state index contributed by atoms with van der Waals surface area (Å²) in [5, 5.41) is 3.36. The van der Waals surface area contributed by atoms with Gasteiger partial charge in [0, 0.05) is 59.3 Å². The van der Waals surface area contributed by atoms with Crippen LogP contribution in [-0.2, 0) is 20.8 Å². The number of methoxy groups -OCH3 is 2. The van der Waals surface area contributed by atoms with E-state index >= 15 is 0 Å². The molecule has 0 saturated carbocycles. The maximum absolute atomic E-state index is 5.59. The monoisotopic (exact) mass is 269 g/mol. The van der Waals surface area contributed by atoms with E-state index in [-0.39, 0.29) is 5.60 Å². The Kier molecular flexibility index (Phi) is 5.18. The molecule has 2 heterocycles. The average molecular weight is 269 g/mol. The first kappa shape index (κ1) is 14.3. The number of nitrogens with one attached hydrogen (secondary N) is 1. The quantitative estimate of drug-likeness (QED) is 0.717. The molecule has 0 spiro atoms. The van der Waals surface area contributed by atoms with Gasteiger partial charge in [-0.15, -0.1) is 0 Å². The number of aryl methyl sites for hydroxylation is 1. The summed E-state index contributed by atoms with van der Waals surface area (Å²) in [6.07, 6.45) is 5.67. The molecule has 2 rings (SSSR count). The first-order valence-corrected chi connectivity index (χ1v) is 6.66. The molecular weight excluding hydrogens is 246 g/mol. The van der Waals surface area contributed by atoms with Crippen molar-refractivity contribution in [1.82, 2.24) is 9.55 Å². The van der Waals surface area contributed by atoms with Crippen molar-refractivity contribution in [2.75, 3.05) is 45.9 Å². The summed E-state index contributed by atoms with van der Waals surface area (Å²) in [4.78, 5) is 4.34. The molecular formula is C13H23N3O3. The molecule has 108 valence electrons. The Labute approximate surface area is 114 Å². The molecule has 1 fully saturated rings. The van der Waals surface area contributed by atoms with Crippen LogP contribution in [0.15, 0.2) is 12.4 Å². The van der Waals surface area contributed by atoms with E-state index in [1.54, 1.807) is 20.4 Å². The first-order chi connectivity index (χ1) is 9.29. The van der Waals surface area contributed by atoms with Crippen molar-refractivity contribution in [3.8, 4) is 0 Å². The van der Waals surface area contributed by atoms with Crippen LogP contribution in [0.3, 0.4) is 0 Å². The summed E-state index contributed by atoms with van der Waals surface area (Å²) >= 11 is 0. The lowest BCUT2D eigenvalue weighted by Crippen LogP contribution is -2.40. The molecule has 1 atom stereocenters. The van der Waals surface area contributed by atoms with Gasteiger partial charge < -0.3 is 24.1 Å². The van der Waals surface area contributed by atoms with Crippen LogP contribution in [0.5, 0.6) is 0 Å². The minimum atomic E-state index is -0.219. The second-order valence-corrected chi connectivity index (χ2v) is 4.83. The zero-order valence-electron chi connectivity index (χ0n) is 11.7. The average Bonchev–Trinajstić information content (AvgIpc) is 3.06. The second-order valence-electron chi connectivity index (χ2n) is 4.83. The maximum atomic E-state index is 5.59. The van der Waals surface area contributed by atoms with Gasteiger partial charge in [-0.05, 0) is 6.42 Å². The minimum Gasteiger partial charge on any atom is -0.385 e. The summed E-state index contributed by atoms with van der Waals surface area (Å²) in [5.41, 5.74) is -0.219. The zero-order valence-corrected chi connectivity index (χ0v) is 11.7. The lowest BCUT2D eigenvalue weighted by atomic mass is 10.0. The van der Waals surface area contributed by atoms with Gasteiger partial charge >= 0.3 is 0 Å². The van der Waals surface area contributed by atoms with Crippen molar-refractivity contribution in [2.45, 2.75) is 25.0 Å². The van der Waals surface area contributed by atoms with Crippen molar-refractivity contribution in [2.24, 2.45) is 0 Å². The van der Waals surface area contributed by atoms with Crippen LogP contribution in [0, 0.1) is 0 Å². The van der Waals surface area contributed by atoms with E-state index in [0.717, 1.165) is 38.5 Å². The van der Waals surface area contributed by atoms with E-state index < -0.39 is 0 Å². The van der Waals surface area contributed by atoms with Crippen molar-refractivity contribution >= 4 is 5.95 Å². The lowest BCUT2D eigenvalue weighted by Gasteiger charge is -2.26. The molecule has 0 radical (unpaired) electrons. The van der Waals surface area contributed by atoms with Crippen LogP contribution >= 0.6 is 0 Å². The smallest absolute Gasteiger partial charge is 0.202 e. The Bertz CT molecular complexity index is 375. The highest BCUT2D eigenvalue weighted by atomic mass is 16.5. The Balaban J connectivity index is 1.86. The van der Waals surface area contributed by atoms with Gasteiger partial charge in [0.05, 0.1) is 6.61 Å². The van der Waals surface area contributed by atoms with Gasteiger partial charge in [0.1, 0.15) is 5.60 Å². The second kappa shape index (κ2) is 6.88. The van der Waals surface area contributed by atoms with E-state index in [0.29, 0.717) is 13.2 Å². The van der Waals surface area contributed by atoms with Crippen molar-refractivity contribution in [3.05, 3.63) is 12.4 Å². The van der Waals surface area contributed by atoms with E-state index in [1.165, 1.54) is 0 Å². The number of imidazole rings is 1. The molecule has 1 aliphatic heterocycles. The topological polar surface area (TPSA) is 57.5 Å². The number of hydrogen-bond acceptors (Lipinski definition) is 5. The van der Waals surface area contributed by atoms with Gasteiger partial charge in [0.25, 0.3) is 0 Å². The first-order valence-electron chi connectivity index (χ1n) is 6.66. The number of anilines is 1. The van der Waals surface area contributed by atoms with Crippen molar-refractivity contribution in [1.29, 1.82) is 0 Å². The zero-order chi connectivity index (χ0) is 13.6. The van der Waals surface area contributed by atoms with Crippen LogP contribution < -0.4 is 5.32 Å². The Morgan fingerprint density at radius 3 is 3.11 bits per heavy atom. The number of ether oxygens (including phenoxy) is 3. The highest BCUT2D eigenvalue weighted by Crippen LogP contribution is 2.22.